The molecule has 0 aliphatic carbocycles. The molecule has 0 saturated carbocycles. The minimum Gasteiger partial charge on any atom is -0.466 e. The molecule has 0 aromatic rings. The van der Waals surface area contributed by atoms with E-state index >= 15 is 0 Å². The zero-order valence-corrected chi connectivity index (χ0v) is 43.2. The van der Waals surface area contributed by atoms with Gasteiger partial charge in [0.2, 0.25) is 5.91 Å². The molecule has 0 aromatic heterocycles. The zero-order valence-electron chi connectivity index (χ0n) is 43.2. The Hall–Kier alpha value is -2.18. The summed E-state index contributed by atoms with van der Waals surface area (Å²) >= 11 is 0. The quantitative estimate of drug-likeness (QED) is 0.0321. The van der Waals surface area contributed by atoms with Crippen molar-refractivity contribution >= 4 is 11.9 Å². The van der Waals surface area contributed by atoms with Crippen LogP contribution in [0.3, 0.4) is 0 Å². The molecule has 1 amide bonds. The van der Waals surface area contributed by atoms with Gasteiger partial charge >= 0.3 is 5.97 Å². The summed E-state index contributed by atoms with van der Waals surface area (Å²) in [7, 11) is 0. The topological polar surface area (TPSA) is 95.9 Å². The van der Waals surface area contributed by atoms with Crippen LogP contribution in [0.15, 0.2) is 48.6 Å². The Labute approximate surface area is 404 Å². The Morgan fingerprint density at radius 2 is 0.785 bits per heavy atom. The predicted octanol–water partition coefficient (Wildman–Crippen LogP) is 17.4. The summed E-state index contributed by atoms with van der Waals surface area (Å²) in [4.78, 5) is 24.5. The van der Waals surface area contributed by atoms with Crippen LogP contribution in [0, 0.1) is 0 Å². The normalized spacial score (nSPS) is 13.0. The van der Waals surface area contributed by atoms with Crippen molar-refractivity contribution in [2.24, 2.45) is 0 Å². The van der Waals surface area contributed by atoms with Crippen LogP contribution in [-0.4, -0.2) is 47.4 Å². The molecule has 6 heteroatoms. The van der Waals surface area contributed by atoms with Gasteiger partial charge in [0.25, 0.3) is 0 Å². The Kier molecular flexibility index (Phi) is 52.6. The lowest BCUT2D eigenvalue weighted by Crippen LogP contribution is -2.45. The van der Waals surface area contributed by atoms with Gasteiger partial charge in [-0.15, -0.1) is 0 Å². The maximum atomic E-state index is 12.5. The SMILES string of the molecule is CCCCC/C=C\C/C=C\CCCCCCCC(=O)OCCCCCC/C=C\CCCC(=O)NC(CO)C(O)/C=C/CCCCCCCCCCCCCCCCCCCCCCCC. The summed E-state index contributed by atoms with van der Waals surface area (Å²) in [6.45, 7) is 4.78. The molecule has 3 N–H and O–H groups in total. The molecule has 0 radical (unpaired) electrons. The average Bonchev–Trinajstić information content (AvgIpc) is 3.31. The van der Waals surface area contributed by atoms with E-state index in [1.165, 1.54) is 180 Å². The molecule has 0 rings (SSSR count). The molecule has 6 nitrogen and oxygen atoms in total. The van der Waals surface area contributed by atoms with Crippen molar-refractivity contribution in [3.8, 4) is 0 Å². The second-order valence-electron chi connectivity index (χ2n) is 19.3. The maximum absolute atomic E-state index is 12.5. The number of esters is 1. The predicted molar refractivity (Wildman–Crippen MR) is 282 cm³/mol. The van der Waals surface area contributed by atoms with Gasteiger partial charge in [-0.05, 0) is 83.5 Å². The molecular weight excluding hydrogens is 803 g/mol. The maximum Gasteiger partial charge on any atom is 0.305 e. The van der Waals surface area contributed by atoms with Crippen LogP contribution in [0.1, 0.15) is 290 Å². The summed E-state index contributed by atoms with van der Waals surface area (Å²) in [5.74, 6) is -0.181. The van der Waals surface area contributed by atoms with E-state index < -0.39 is 12.1 Å². The number of nitrogens with one attached hydrogen (secondary N) is 1. The second-order valence-corrected chi connectivity index (χ2v) is 19.3. The third-order valence-corrected chi connectivity index (χ3v) is 12.8. The first kappa shape index (κ1) is 62.8. The lowest BCUT2D eigenvalue weighted by atomic mass is 10.0. The van der Waals surface area contributed by atoms with Crippen LogP contribution in [0.4, 0.5) is 0 Å². The van der Waals surface area contributed by atoms with Gasteiger partial charge in [-0.1, -0.05) is 242 Å². The molecule has 380 valence electrons. The van der Waals surface area contributed by atoms with Gasteiger partial charge in [-0.3, -0.25) is 9.59 Å². The lowest BCUT2D eigenvalue weighted by Gasteiger charge is -2.19. The van der Waals surface area contributed by atoms with Gasteiger partial charge in [-0.25, -0.2) is 0 Å². The van der Waals surface area contributed by atoms with E-state index in [0.717, 1.165) is 83.5 Å². The summed E-state index contributed by atoms with van der Waals surface area (Å²) in [5.41, 5.74) is 0. The highest BCUT2D eigenvalue weighted by molar-refractivity contribution is 5.76. The molecule has 65 heavy (non-hydrogen) atoms. The zero-order chi connectivity index (χ0) is 47.2. The first-order chi connectivity index (χ1) is 32.0. The van der Waals surface area contributed by atoms with Crippen molar-refractivity contribution in [3.63, 3.8) is 0 Å². The summed E-state index contributed by atoms with van der Waals surface area (Å²) in [6, 6.07) is -0.669. The van der Waals surface area contributed by atoms with Crippen molar-refractivity contribution in [3.05, 3.63) is 48.6 Å². The van der Waals surface area contributed by atoms with Crippen LogP contribution in [0.2, 0.25) is 0 Å². The number of amides is 1. The number of carbonyl (C=O) groups excluding carboxylic acids is 2. The third kappa shape index (κ3) is 51.1. The minimum atomic E-state index is -0.878. The highest BCUT2D eigenvalue weighted by Crippen LogP contribution is 2.16. The molecule has 0 aliphatic heterocycles. The van der Waals surface area contributed by atoms with Crippen molar-refractivity contribution in [2.45, 2.75) is 302 Å². The number of aliphatic hydroxyl groups is 2. The monoisotopic (exact) mass is 912 g/mol. The van der Waals surface area contributed by atoms with Gasteiger partial charge in [0.15, 0.2) is 0 Å². The van der Waals surface area contributed by atoms with Crippen molar-refractivity contribution in [1.82, 2.24) is 5.32 Å². The Bertz CT molecular complexity index is 1100. The van der Waals surface area contributed by atoms with Gasteiger partial charge in [0.05, 0.1) is 25.4 Å². The number of hydrogen-bond acceptors (Lipinski definition) is 5. The number of ether oxygens (including phenoxy) is 1. The fourth-order valence-corrected chi connectivity index (χ4v) is 8.43. The van der Waals surface area contributed by atoms with E-state index in [1.807, 2.05) is 6.08 Å². The largest absolute Gasteiger partial charge is 0.466 e. The highest BCUT2D eigenvalue weighted by Gasteiger charge is 2.18. The Morgan fingerprint density at radius 3 is 1.25 bits per heavy atom. The van der Waals surface area contributed by atoms with Gasteiger partial charge in [0, 0.05) is 12.8 Å². The standard InChI is InChI=1S/C59H109NO5/c1-3-5-7-9-11-13-15-17-19-20-21-22-23-24-25-26-27-29-30-32-35-39-43-47-51-57(62)56(55-61)60-58(63)52-48-44-40-36-34-38-42-46-50-54-65-59(64)53-49-45-41-37-33-31-28-18-16-14-12-10-8-6-4-2/h12,14,18,28,36,40,47,51,56-57,61-62H,3-11,13,15-17,19-27,29-35,37-39,41-46,48-50,52-55H2,1-2H3,(H,60,63)/b14-12-,28-18-,40-36-,51-47+. The van der Waals surface area contributed by atoms with Gasteiger partial charge < -0.3 is 20.3 Å². The van der Waals surface area contributed by atoms with E-state index in [-0.39, 0.29) is 18.5 Å². The van der Waals surface area contributed by atoms with E-state index in [2.05, 4.69) is 55.6 Å². The average molecular weight is 913 g/mol. The summed E-state index contributed by atoms with van der Waals surface area (Å²) in [6.07, 6.45) is 68.5. The number of carbonyl (C=O) groups is 2. The lowest BCUT2D eigenvalue weighted by molar-refractivity contribution is -0.143. The van der Waals surface area contributed by atoms with E-state index in [9.17, 15) is 19.8 Å². The van der Waals surface area contributed by atoms with Crippen LogP contribution in [0.5, 0.6) is 0 Å². The van der Waals surface area contributed by atoms with Gasteiger partial charge in [-0.2, -0.15) is 0 Å². The first-order valence-corrected chi connectivity index (χ1v) is 28.4. The number of rotatable bonds is 52. The van der Waals surface area contributed by atoms with Crippen LogP contribution >= 0.6 is 0 Å². The smallest absolute Gasteiger partial charge is 0.305 e. The van der Waals surface area contributed by atoms with Crippen LogP contribution in [-0.2, 0) is 14.3 Å². The van der Waals surface area contributed by atoms with E-state index in [1.54, 1.807) is 6.08 Å². The summed E-state index contributed by atoms with van der Waals surface area (Å²) < 4.78 is 5.43. The number of aliphatic hydroxyl groups excluding tert-OH is 2. The van der Waals surface area contributed by atoms with Crippen LogP contribution < -0.4 is 5.32 Å². The van der Waals surface area contributed by atoms with Crippen LogP contribution in [0.25, 0.3) is 0 Å². The molecule has 0 aromatic carbocycles. The minimum absolute atomic E-state index is 0.0520. The fraction of sp³-hybridized carbons (Fsp3) is 0.831. The first-order valence-electron chi connectivity index (χ1n) is 28.4. The van der Waals surface area contributed by atoms with E-state index in [0.29, 0.717) is 19.4 Å². The third-order valence-electron chi connectivity index (χ3n) is 12.8. The molecule has 0 spiro atoms. The molecule has 0 heterocycles. The van der Waals surface area contributed by atoms with Crippen molar-refractivity contribution in [2.75, 3.05) is 13.2 Å². The molecule has 0 fully saturated rings. The molecule has 0 bridgehead atoms. The number of allylic oxidation sites excluding steroid dienone is 7. The highest BCUT2D eigenvalue weighted by atomic mass is 16.5. The number of unbranched alkanes of at least 4 members (excludes halogenated alkanes) is 35. The molecule has 0 saturated heterocycles. The Balaban J connectivity index is 3.57. The molecule has 2 unspecified atom stereocenters. The fourth-order valence-electron chi connectivity index (χ4n) is 8.43. The van der Waals surface area contributed by atoms with Crippen molar-refractivity contribution < 1.29 is 24.5 Å². The Morgan fingerprint density at radius 1 is 0.431 bits per heavy atom. The molecule has 2 atom stereocenters. The van der Waals surface area contributed by atoms with E-state index in [4.69, 9.17) is 4.74 Å². The van der Waals surface area contributed by atoms with Gasteiger partial charge in [0.1, 0.15) is 0 Å². The molecular formula is C59H109NO5. The summed E-state index contributed by atoms with van der Waals surface area (Å²) in [5, 5.41) is 23.1. The second kappa shape index (κ2) is 54.4. The molecule has 0 aliphatic rings. The van der Waals surface area contributed by atoms with Crippen molar-refractivity contribution in [1.29, 1.82) is 0 Å². The number of hydrogen-bond donors (Lipinski definition) is 3.